The molecule has 1 aromatic carbocycles. The molecule has 0 aliphatic carbocycles. The number of hydrogen-bond donors (Lipinski definition) is 1. The van der Waals surface area contributed by atoms with Crippen LogP contribution in [0.4, 0.5) is 18.9 Å². The molecule has 1 rings (SSSR count). The molecule has 24 heavy (non-hydrogen) atoms. The highest BCUT2D eigenvalue weighted by molar-refractivity contribution is 5.94. The first-order valence-electron chi connectivity index (χ1n) is 7.97. The summed E-state index contributed by atoms with van der Waals surface area (Å²) in [6, 6.07) is 1.67. The first-order valence-corrected chi connectivity index (χ1v) is 7.97. The zero-order valence-electron chi connectivity index (χ0n) is 14.2. The summed E-state index contributed by atoms with van der Waals surface area (Å²) in [5.41, 5.74) is -0.454. The van der Waals surface area contributed by atoms with Gasteiger partial charge >= 0.3 is 0 Å². The maximum atomic E-state index is 13.6. The Morgan fingerprint density at radius 1 is 1.17 bits per heavy atom. The Labute approximate surface area is 140 Å². The van der Waals surface area contributed by atoms with Crippen LogP contribution < -0.4 is 5.32 Å². The molecule has 4 nitrogen and oxygen atoms in total. The van der Waals surface area contributed by atoms with E-state index < -0.39 is 29.0 Å². The van der Waals surface area contributed by atoms with E-state index in [2.05, 4.69) is 5.32 Å². The minimum absolute atomic E-state index is 0.161. The molecule has 0 aliphatic rings. The first-order chi connectivity index (χ1) is 11.3. The molecule has 0 aromatic heterocycles. The van der Waals surface area contributed by atoms with Crippen molar-refractivity contribution < 1.29 is 22.8 Å². The zero-order chi connectivity index (χ0) is 18.3. The summed E-state index contributed by atoms with van der Waals surface area (Å²) >= 11 is 0. The number of anilines is 1. The highest BCUT2D eigenvalue weighted by atomic mass is 19.2. The lowest BCUT2D eigenvalue weighted by atomic mass is 10.1. The van der Waals surface area contributed by atoms with Gasteiger partial charge in [-0.25, -0.2) is 13.2 Å². The van der Waals surface area contributed by atoms with E-state index in [-0.39, 0.29) is 12.5 Å². The predicted molar refractivity (Wildman–Crippen MR) is 85.9 cm³/mol. The fraction of sp³-hybridized carbons (Fsp3) is 0.529. The van der Waals surface area contributed by atoms with E-state index >= 15 is 0 Å². The second-order valence-corrected chi connectivity index (χ2v) is 6.02. The minimum Gasteiger partial charge on any atom is -0.333 e. The van der Waals surface area contributed by atoms with Gasteiger partial charge in [0.25, 0.3) is 0 Å². The molecule has 0 spiro atoms. The Balaban J connectivity index is 2.72. The van der Waals surface area contributed by atoms with Crippen molar-refractivity contribution in [1.82, 2.24) is 4.90 Å². The van der Waals surface area contributed by atoms with Crippen molar-refractivity contribution >= 4 is 17.5 Å². The van der Waals surface area contributed by atoms with Crippen molar-refractivity contribution in [2.45, 2.75) is 40.0 Å². The number of benzene rings is 1. The average molecular weight is 344 g/mol. The number of nitrogens with one attached hydrogen (secondary N) is 1. The molecular weight excluding hydrogens is 321 g/mol. The van der Waals surface area contributed by atoms with Gasteiger partial charge in [0, 0.05) is 13.0 Å². The van der Waals surface area contributed by atoms with Crippen LogP contribution in [0.15, 0.2) is 12.1 Å². The zero-order valence-corrected chi connectivity index (χ0v) is 14.2. The Morgan fingerprint density at radius 3 is 2.42 bits per heavy atom. The van der Waals surface area contributed by atoms with E-state index in [9.17, 15) is 22.8 Å². The fourth-order valence-electron chi connectivity index (χ4n) is 2.12. The highest BCUT2D eigenvalue weighted by Gasteiger charge is 2.19. The average Bonchev–Trinajstić information content (AvgIpc) is 2.52. The number of carbonyl (C=O) groups is 2. The molecular formula is C17H23F3N2O2. The summed E-state index contributed by atoms with van der Waals surface area (Å²) in [6.07, 6.45) is 1.70. The van der Waals surface area contributed by atoms with Crippen molar-refractivity contribution in [2.24, 2.45) is 5.92 Å². The van der Waals surface area contributed by atoms with E-state index in [1.165, 1.54) is 4.90 Å². The van der Waals surface area contributed by atoms with E-state index in [1.54, 1.807) is 0 Å². The molecule has 0 saturated heterocycles. The largest absolute Gasteiger partial charge is 0.333 e. The van der Waals surface area contributed by atoms with Gasteiger partial charge in [-0.1, -0.05) is 20.8 Å². The van der Waals surface area contributed by atoms with Crippen LogP contribution in [0.5, 0.6) is 0 Å². The van der Waals surface area contributed by atoms with Crippen molar-refractivity contribution in [1.29, 1.82) is 0 Å². The van der Waals surface area contributed by atoms with E-state index in [4.69, 9.17) is 0 Å². The Kier molecular flexibility index (Phi) is 7.74. The van der Waals surface area contributed by atoms with Gasteiger partial charge < -0.3 is 10.2 Å². The second kappa shape index (κ2) is 9.30. The summed E-state index contributed by atoms with van der Waals surface area (Å²) < 4.78 is 39.6. The third-order valence-corrected chi connectivity index (χ3v) is 3.43. The SMILES string of the molecule is CCCN(CC(=O)Nc1ccc(F)c(F)c1F)C(=O)CCC(C)C. The molecule has 1 aromatic rings. The normalized spacial score (nSPS) is 10.8. The molecule has 2 amide bonds. The van der Waals surface area contributed by atoms with Gasteiger partial charge in [-0.05, 0) is 30.9 Å². The Morgan fingerprint density at radius 2 is 1.83 bits per heavy atom. The summed E-state index contributed by atoms with van der Waals surface area (Å²) in [5, 5.41) is 2.17. The third kappa shape index (κ3) is 5.86. The van der Waals surface area contributed by atoms with Crippen molar-refractivity contribution in [3.05, 3.63) is 29.6 Å². The molecule has 0 atom stereocenters. The number of rotatable bonds is 8. The van der Waals surface area contributed by atoms with Crippen LogP contribution >= 0.6 is 0 Å². The van der Waals surface area contributed by atoms with Crippen molar-refractivity contribution in [2.75, 3.05) is 18.4 Å². The number of nitrogens with zero attached hydrogens (tertiary/aromatic N) is 1. The van der Waals surface area contributed by atoms with Gasteiger partial charge in [0.2, 0.25) is 11.8 Å². The highest BCUT2D eigenvalue weighted by Crippen LogP contribution is 2.19. The summed E-state index contributed by atoms with van der Waals surface area (Å²) in [6.45, 7) is 6.00. The molecule has 7 heteroatoms. The maximum Gasteiger partial charge on any atom is 0.244 e. The van der Waals surface area contributed by atoms with Crippen LogP contribution in [0, 0.1) is 23.4 Å². The van der Waals surface area contributed by atoms with Crippen LogP contribution in [0.25, 0.3) is 0 Å². The standard InChI is InChI=1S/C17H23F3N2O2/c1-4-9-22(15(24)8-5-11(2)3)10-14(23)21-13-7-6-12(18)16(19)17(13)20/h6-7,11H,4-5,8-10H2,1-3H3,(H,21,23). The van der Waals surface area contributed by atoms with Crippen molar-refractivity contribution in [3.8, 4) is 0 Å². The predicted octanol–water partition coefficient (Wildman–Crippen LogP) is 3.72. The number of amides is 2. The van der Waals surface area contributed by atoms with Crippen LogP contribution in [-0.2, 0) is 9.59 Å². The van der Waals surface area contributed by atoms with Gasteiger partial charge in [0.05, 0.1) is 12.2 Å². The lowest BCUT2D eigenvalue weighted by Crippen LogP contribution is -2.38. The Bertz CT molecular complexity index is 591. The molecule has 0 unspecified atom stereocenters. The molecule has 1 N–H and O–H groups in total. The third-order valence-electron chi connectivity index (χ3n) is 3.43. The van der Waals surface area contributed by atoms with Gasteiger partial charge in [0.1, 0.15) is 0 Å². The van der Waals surface area contributed by atoms with Crippen LogP contribution in [0.3, 0.4) is 0 Å². The van der Waals surface area contributed by atoms with Crippen LogP contribution in [0.1, 0.15) is 40.0 Å². The number of halogens is 3. The summed E-state index contributed by atoms with van der Waals surface area (Å²) in [7, 11) is 0. The summed E-state index contributed by atoms with van der Waals surface area (Å²) in [5.74, 6) is -4.90. The summed E-state index contributed by atoms with van der Waals surface area (Å²) in [4.78, 5) is 25.5. The first kappa shape index (κ1) is 20.0. The smallest absolute Gasteiger partial charge is 0.244 e. The molecule has 0 bridgehead atoms. The van der Waals surface area contributed by atoms with E-state index in [0.29, 0.717) is 31.7 Å². The lowest BCUT2D eigenvalue weighted by Gasteiger charge is -2.22. The monoisotopic (exact) mass is 344 g/mol. The number of hydrogen-bond acceptors (Lipinski definition) is 2. The van der Waals surface area contributed by atoms with Gasteiger partial charge in [-0.3, -0.25) is 9.59 Å². The van der Waals surface area contributed by atoms with Gasteiger partial charge in [-0.2, -0.15) is 0 Å². The second-order valence-electron chi connectivity index (χ2n) is 6.02. The van der Waals surface area contributed by atoms with Crippen LogP contribution in [-0.4, -0.2) is 29.8 Å². The maximum absolute atomic E-state index is 13.6. The van der Waals surface area contributed by atoms with Crippen LogP contribution in [0.2, 0.25) is 0 Å². The van der Waals surface area contributed by atoms with Gasteiger partial charge in [-0.15, -0.1) is 0 Å². The van der Waals surface area contributed by atoms with E-state index in [0.717, 1.165) is 12.1 Å². The van der Waals surface area contributed by atoms with Crippen molar-refractivity contribution in [3.63, 3.8) is 0 Å². The lowest BCUT2D eigenvalue weighted by molar-refractivity contribution is -0.135. The molecule has 0 fully saturated rings. The fourth-order valence-corrected chi connectivity index (χ4v) is 2.12. The number of carbonyl (C=O) groups excluding carboxylic acids is 2. The minimum atomic E-state index is -1.65. The quantitative estimate of drug-likeness (QED) is 0.731. The molecule has 134 valence electrons. The molecule has 0 saturated carbocycles. The van der Waals surface area contributed by atoms with E-state index in [1.807, 2.05) is 20.8 Å². The van der Waals surface area contributed by atoms with Gasteiger partial charge in [0.15, 0.2) is 17.5 Å². The topological polar surface area (TPSA) is 49.4 Å². The molecule has 0 radical (unpaired) electrons. The molecule has 0 aliphatic heterocycles. The molecule has 0 heterocycles. The Hall–Kier alpha value is -2.05.